The van der Waals surface area contributed by atoms with Gasteiger partial charge in [0.25, 0.3) is 0 Å². The second-order valence-electron chi connectivity index (χ2n) is 8.09. The highest BCUT2D eigenvalue weighted by atomic mass is 32.2. The van der Waals surface area contributed by atoms with Crippen LogP contribution in [0.1, 0.15) is 37.9 Å². The molecule has 1 fully saturated rings. The smallest absolute Gasteiger partial charge is 0.228 e. The zero-order chi connectivity index (χ0) is 21.0. The fourth-order valence-electron chi connectivity index (χ4n) is 3.58. The summed E-state index contributed by atoms with van der Waals surface area (Å²) in [6.45, 7) is 6.68. The molecule has 7 heteroatoms. The molecule has 0 N–H and O–H groups in total. The largest absolute Gasteiger partial charge is 0.342 e. The molecule has 1 aliphatic heterocycles. The number of carbonyl (C=O) groups is 1. The number of hydrogen-bond donors (Lipinski definition) is 0. The molecule has 1 aromatic heterocycles. The molecule has 0 unspecified atom stereocenters. The van der Waals surface area contributed by atoms with Crippen LogP contribution in [0.5, 0.6) is 0 Å². The first-order chi connectivity index (χ1) is 13.8. The monoisotopic (exact) mass is 415 g/mol. The van der Waals surface area contributed by atoms with Gasteiger partial charge in [0.2, 0.25) is 5.91 Å². The summed E-state index contributed by atoms with van der Waals surface area (Å²) in [6.07, 6.45) is 5.07. The predicted molar refractivity (Wildman–Crippen MR) is 114 cm³/mol. The maximum absolute atomic E-state index is 12.6. The van der Waals surface area contributed by atoms with Gasteiger partial charge in [0.05, 0.1) is 35.0 Å². The Morgan fingerprint density at radius 3 is 2.41 bits per heavy atom. The third kappa shape index (κ3) is 5.41. The van der Waals surface area contributed by atoms with Crippen molar-refractivity contribution in [1.82, 2.24) is 14.9 Å². The molecule has 2 heterocycles. The van der Waals surface area contributed by atoms with Gasteiger partial charge in [-0.25, -0.2) is 8.42 Å². The lowest BCUT2D eigenvalue weighted by molar-refractivity contribution is -0.131. The predicted octanol–water partition coefficient (Wildman–Crippen LogP) is 3.06. The van der Waals surface area contributed by atoms with E-state index >= 15 is 0 Å². The molecular formula is C22H29N3O3S. The topological polar surface area (TPSA) is 80.2 Å². The average molecular weight is 416 g/mol. The van der Waals surface area contributed by atoms with Crippen LogP contribution in [0.15, 0.2) is 36.7 Å². The van der Waals surface area contributed by atoms with E-state index in [2.05, 4.69) is 9.97 Å². The highest BCUT2D eigenvalue weighted by Gasteiger charge is 2.28. The Morgan fingerprint density at radius 1 is 1.14 bits per heavy atom. The van der Waals surface area contributed by atoms with Crippen molar-refractivity contribution < 1.29 is 13.2 Å². The lowest BCUT2D eigenvalue weighted by Gasteiger charge is -2.32. The zero-order valence-corrected chi connectivity index (χ0v) is 18.2. The maximum atomic E-state index is 12.6. The molecule has 0 bridgehead atoms. The number of amides is 1. The van der Waals surface area contributed by atoms with Gasteiger partial charge in [-0.2, -0.15) is 0 Å². The number of carbonyl (C=O) groups excluding carboxylic acids is 1. The fourth-order valence-corrected chi connectivity index (χ4v) is 4.96. The highest BCUT2D eigenvalue weighted by Crippen LogP contribution is 2.22. The van der Waals surface area contributed by atoms with Crippen molar-refractivity contribution in [3.05, 3.63) is 47.9 Å². The fraction of sp³-hybridized carbons (Fsp3) is 0.500. The number of benzene rings is 1. The Bertz CT molecular complexity index is 948. The second-order valence-corrected chi connectivity index (χ2v) is 10.7. The number of sulfone groups is 1. The first kappa shape index (κ1) is 21.4. The van der Waals surface area contributed by atoms with Gasteiger partial charge < -0.3 is 4.90 Å². The minimum absolute atomic E-state index is 0.0214. The molecule has 1 aromatic carbocycles. The van der Waals surface area contributed by atoms with Crippen LogP contribution in [0, 0.1) is 12.8 Å². The van der Waals surface area contributed by atoms with Crippen LogP contribution in [-0.2, 0) is 21.1 Å². The van der Waals surface area contributed by atoms with E-state index in [9.17, 15) is 13.2 Å². The summed E-state index contributed by atoms with van der Waals surface area (Å²) < 4.78 is 24.2. The van der Waals surface area contributed by atoms with Crippen LogP contribution in [0.3, 0.4) is 0 Å². The average Bonchev–Trinajstić information content (AvgIpc) is 2.69. The van der Waals surface area contributed by atoms with Crippen LogP contribution in [0.4, 0.5) is 0 Å². The summed E-state index contributed by atoms with van der Waals surface area (Å²) in [4.78, 5) is 23.3. The third-order valence-electron chi connectivity index (χ3n) is 5.61. The summed E-state index contributed by atoms with van der Waals surface area (Å²) in [5, 5.41) is -0.344. The molecule has 6 nitrogen and oxygen atoms in total. The summed E-state index contributed by atoms with van der Waals surface area (Å²) in [5.74, 6) is 0.381. The Kier molecular flexibility index (Phi) is 6.67. The van der Waals surface area contributed by atoms with Crippen molar-refractivity contribution in [1.29, 1.82) is 0 Å². The van der Waals surface area contributed by atoms with Gasteiger partial charge in [0.1, 0.15) is 0 Å². The van der Waals surface area contributed by atoms with E-state index in [4.69, 9.17) is 0 Å². The van der Waals surface area contributed by atoms with Crippen molar-refractivity contribution in [2.24, 2.45) is 5.92 Å². The van der Waals surface area contributed by atoms with Gasteiger partial charge in [-0.3, -0.25) is 14.8 Å². The SMILES string of the molecule is Cc1ccccc1-c1cnc(CC(=O)N2CCC(CS(=O)(=O)C(C)C)CC2)cn1. The molecule has 0 radical (unpaired) electrons. The number of rotatable bonds is 6. The van der Waals surface area contributed by atoms with Crippen LogP contribution in [-0.4, -0.2) is 53.3 Å². The van der Waals surface area contributed by atoms with Gasteiger partial charge in [-0.05, 0) is 45.1 Å². The van der Waals surface area contributed by atoms with Crippen molar-refractivity contribution in [2.75, 3.05) is 18.8 Å². The van der Waals surface area contributed by atoms with Crippen molar-refractivity contribution in [3.8, 4) is 11.3 Å². The molecule has 1 saturated heterocycles. The van der Waals surface area contributed by atoms with Gasteiger partial charge in [0, 0.05) is 24.8 Å². The minimum Gasteiger partial charge on any atom is -0.342 e. The second kappa shape index (κ2) is 9.03. The Balaban J connectivity index is 1.54. The first-order valence-corrected chi connectivity index (χ1v) is 11.8. The van der Waals surface area contributed by atoms with Crippen molar-refractivity contribution in [3.63, 3.8) is 0 Å². The van der Waals surface area contributed by atoms with Gasteiger partial charge >= 0.3 is 0 Å². The number of nitrogens with zero attached hydrogens (tertiary/aromatic N) is 3. The molecule has 156 valence electrons. The quantitative estimate of drug-likeness (QED) is 0.724. The lowest BCUT2D eigenvalue weighted by atomic mass is 9.98. The Morgan fingerprint density at radius 2 is 1.83 bits per heavy atom. The number of likely N-dealkylation sites (tertiary alicyclic amines) is 1. The Labute approximate surface area is 173 Å². The third-order valence-corrected chi connectivity index (χ3v) is 7.98. The molecule has 29 heavy (non-hydrogen) atoms. The number of hydrogen-bond acceptors (Lipinski definition) is 5. The van der Waals surface area contributed by atoms with E-state index < -0.39 is 9.84 Å². The van der Waals surface area contributed by atoms with Crippen LogP contribution >= 0.6 is 0 Å². The summed E-state index contributed by atoms with van der Waals surface area (Å²) in [6, 6.07) is 8.00. The van der Waals surface area contributed by atoms with E-state index in [0.29, 0.717) is 18.8 Å². The molecule has 1 amide bonds. The Hall–Kier alpha value is -2.28. The summed E-state index contributed by atoms with van der Waals surface area (Å²) in [7, 11) is -3.04. The normalized spacial score (nSPS) is 15.7. The van der Waals surface area contributed by atoms with Gasteiger partial charge in [0.15, 0.2) is 9.84 Å². The van der Waals surface area contributed by atoms with Gasteiger partial charge in [-0.15, -0.1) is 0 Å². The molecule has 1 aliphatic rings. The van der Waals surface area contributed by atoms with E-state index in [0.717, 1.165) is 29.7 Å². The molecule has 0 spiro atoms. The van der Waals surface area contributed by atoms with E-state index in [1.165, 1.54) is 0 Å². The van der Waals surface area contributed by atoms with Crippen molar-refractivity contribution >= 4 is 15.7 Å². The summed E-state index contributed by atoms with van der Waals surface area (Å²) in [5.41, 5.74) is 3.62. The molecule has 3 rings (SSSR count). The van der Waals surface area contributed by atoms with E-state index in [1.54, 1.807) is 26.2 Å². The molecule has 0 saturated carbocycles. The lowest BCUT2D eigenvalue weighted by Crippen LogP contribution is -2.41. The van der Waals surface area contributed by atoms with Crippen LogP contribution < -0.4 is 0 Å². The number of aromatic nitrogens is 2. The molecular weight excluding hydrogens is 386 g/mol. The van der Waals surface area contributed by atoms with Crippen molar-refractivity contribution in [2.45, 2.75) is 45.3 Å². The van der Waals surface area contributed by atoms with Crippen LogP contribution in [0.25, 0.3) is 11.3 Å². The van der Waals surface area contributed by atoms with E-state index in [1.807, 2.05) is 36.1 Å². The molecule has 0 atom stereocenters. The highest BCUT2D eigenvalue weighted by molar-refractivity contribution is 7.91. The maximum Gasteiger partial charge on any atom is 0.228 e. The molecule has 0 aliphatic carbocycles. The zero-order valence-electron chi connectivity index (χ0n) is 17.3. The van der Waals surface area contributed by atoms with Gasteiger partial charge in [-0.1, -0.05) is 24.3 Å². The first-order valence-electron chi connectivity index (χ1n) is 10.1. The number of aryl methyl sites for hydroxylation is 1. The molecule has 2 aromatic rings. The minimum atomic E-state index is -3.04. The standard InChI is InChI=1S/C22H29N3O3S/c1-16(2)29(27,28)15-18-8-10-25(11-9-18)22(26)12-19-13-24-21(14-23-19)20-7-5-4-6-17(20)3/h4-7,13-14,16,18H,8-12,15H2,1-3H3. The van der Waals surface area contributed by atoms with E-state index in [-0.39, 0.29) is 29.2 Å². The van der Waals surface area contributed by atoms with Crippen LogP contribution in [0.2, 0.25) is 0 Å². The number of piperidine rings is 1. The summed E-state index contributed by atoms with van der Waals surface area (Å²) >= 11 is 0.